The number of ether oxygens (including phenoxy) is 1. The van der Waals surface area contributed by atoms with Crippen molar-refractivity contribution >= 4 is 35.3 Å². The van der Waals surface area contributed by atoms with Crippen molar-refractivity contribution in [2.24, 2.45) is 5.73 Å². The van der Waals surface area contributed by atoms with Crippen molar-refractivity contribution in [2.75, 3.05) is 49.2 Å². The lowest BCUT2D eigenvalue weighted by molar-refractivity contribution is 0.0204. The van der Waals surface area contributed by atoms with Gasteiger partial charge in [-0.25, -0.2) is 19.2 Å². The van der Waals surface area contributed by atoms with E-state index in [0.29, 0.717) is 42.2 Å². The fraction of sp³-hybridized carbons (Fsp3) is 0.484. The van der Waals surface area contributed by atoms with Gasteiger partial charge in [-0.3, -0.25) is 4.68 Å². The molecule has 1 aromatic carbocycles. The Bertz CT molecular complexity index is 1500. The molecule has 3 aromatic rings. The van der Waals surface area contributed by atoms with Gasteiger partial charge in [-0.05, 0) is 82.2 Å². The highest BCUT2D eigenvalue weighted by molar-refractivity contribution is 5.86. The zero-order valence-corrected chi connectivity index (χ0v) is 25.8. The molecule has 2 aromatic heterocycles. The zero-order chi connectivity index (χ0) is 31.6. The minimum Gasteiger partial charge on any atom is -0.507 e. The molecule has 2 saturated heterocycles. The van der Waals surface area contributed by atoms with Crippen molar-refractivity contribution in [3.05, 3.63) is 53.2 Å². The van der Waals surface area contributed by atoms with E-state index in [-0.39, 0.29) is 29.1 Å². The number of halogens is 1. The Morgan fingerprint density at radius 1 is 1.11 bits per heavy atom. The topological polar surface area (TPSA) is 161 Å². The van der Waals surface area contributed by atoms with Crippen LogP contribution in [-0.4, -0.2) is 74.7 Å². The van der Waals surface area contributed by atoms with E-state index < -0.39 is 11.4 Å². The summed E-state index contributed by atoms with van der Waals surface area (Å²) in [5.74, 6) is 0.694. The largest absolute Gasteiger partial charge is 0.507 e. The molecule has 5 rings (SSSR count). The van der Waals surface area contributed by atoms with Gasteiger partial charge in [-0.2, -0.15) is 5.10 Å². The molecule has 1 amide bonds. The first kappa shape index (κ1) is 30.9. The molecule has 6 N–H and O–H groups in total. The number of piperidine rings is 2. The maximum absolute atomic E-state index is 13.9. The van der Waals surface area contributed by atoms with Gasteiger partial charge in [0.05, 0.1) is 11.7 Å². The van der Waals surface area contributed by atoms with Crippen LogP contribution in [0.4, 0.5) is 26.6 Å². The minimum atomic E-state index is -0.504. The summed E-state index contributed by atoms with van der Waals surface area (Å²) in [6, 6.07) is 3.68. The highest BCUT2D eigenvalue weighted by Crippen LogP contribution is 2.35. The molecule has 12 nitrogen and oxygen atoms in total. The molecular weight excluding hydrogens is 565 g/mol. The van der Waals surface area contributed by atoms with Gasteiger partial charge in [0.15, 0.2) is 5.82 Å². The fourth-order valence-corrected chi connectivity index (χ4v) is 5.84. The summed E-state index contributed by atoms with van der Waals surface area (Å²) >= 11 is 0. The molecule has 13 heteroatoms. The van der Waals surface area contributed by atoms with Crippen molar-refractivity contribution in [1.29, 1.82) is 0 Å². The number of rotatable bonds is 6. The molecule has 0 saturated carbocycles. The van der Waals surface area contributed by atoms with E-state index in [1.165, 1.54) is 18.2 Å². The first-order chi connectivity index (χ1) is 20.9. The second-order valence-corrected chi connectivity index (χ2v) is 12.4. The van der Waals surface area contributed by atoms with Gasteiger partial charge in [-0.1, -0.05) is 0 Å². The van der Waals surface area contributed by atoms with Crippen LogP contribution in [0, 0.1) is 5.82 Å². The number of phenolic OH excluding ortho intramolecular Hbond substituents is 1. The first-order valence-electron chi connectivity index (χ1n) is 15.0. The average Bonchev–Trinajstić information content (AvgIpc) is 3.32. The number of nitrogens with zero attached hydrogens (tertiary/aromatic N) is 6. The summed E-state index contributed by atoms with van der Waals surface area (Å²) < 4.78 is 21.2. The quantitative estimate of drug-likeness (QED) is 0.313. The zero-order valence-electron chi connectivity index (χ0n) is 25.8. The van der Waals surface area contributed by atoms with Crippen LogP contribution >= 0.6 is 0 Å². The van der Waals surface area contributed by atoms with E-state index in [1.54, 1.807) is 18.0 Å². The highest BCUT2D eigenvalue weighted by Gasteiger charge is 2.29. The van der Waals surface area contributed by atoms with E-state index in [4.69, 9.17) is 26.2 Å². The van der Waals surface area contributed by atoms with Crippen LogP contribution < -0.4 is 21.7 Å². The molecule has 0 radical (unpaired) electrons. The van der Waals surface area contributed by atoms with Crippen LogP contribution in [-0.2, 0) is 4.74 Å². The SMILES string of the molecule is CNc1c(N)nn(C2CCN(c3ncc(C4CCN(C(=O)OC(C)(C)C)CC4)cn3)CC2)c1/C=C(\N)c1cc(F)ccc1O. The van der Waals surface area contributed by atoms with Crippen LogP contribution in [0.25, 0.3) is 11.8 Å². The summed E-state index contributed by atoms with van der Waals surface area (Å²) in [7, 11) is 1.75. The Morgan fingerprint density at radius 3 is 2.39 bits per heavy atom. The number of aromatic hydroxyl groups is 1. The summed E-state index contributed by atoms with van der Waals surface area (Å²) in [4.78, 5) is 25.7. The minimum absolute atomic E-state index is 0.0326. The van der Waals surface area contributed by atoms with E-state index >= 15 is 0 Å². The number of nitrogens with two attached hydrogens (primary N) is 2. The van der Waals surface area contributed by atoms with Gasteiger partial charge < -0.3 is 36.4 Å². The molecule has 0 unspecified atom stereocenters. The highest BCUT2D eigenvalue weighted by atomic mass is 19.1. The third-order valence-corrected chi connectivity index (χ3v) is 8.16. The van der Waals surface area contributed by atoms with Crippen LogP contribution in [0.1, 0.15) is 75.2 Å². The second-order valence-electron chi connectivity index (χ2n) is 12.4. The molecule has 0 spiro atoms. The summed E-state index contributed by atoms with van der Waals surface area (Å²) in [6.07, 6.45) is 8.43. The van der Waals surface area contributed by atoms with Crippen molar-refractivity contribution < 1.29 is 19.0 Å². The van der Waals surface area contributed by atoms with Gasteiger partial charge in [0.1, 0.15) is 22.9 Å². The van der Waals surface area contributed by atoms with Crippen molar-refractivity contribution in [1.82, 2.24) is 24.6 Å². The number of amides is 1. The Morgan fingerprint density at radius 2 is 1.77 bits per heavy atom. The molecule has 44 heavy (non-hydrogen) atoms. The lowest BCUT2D eigenvalue weighted by Gasteiger charge is -2.34. The molecule has 236 valence electrons. The van der Waals surface area contributed by atoms with Crippen LogP contribution in [0.2, 0.25) is 0 Å². The number of nitrogens with one attached hydrogen (secondary N) is 1. The van der Waals surface area contributed by atoms with Crippen LogP contribution in [0.5, 0.6) is 5.75 Å². The van der Waals surface area contributed by atoms with Crippen molar-refractivity contribution in [3.63, 3.8) is 0 Å². The van der Waals surface area contributed by atoms with Gasteiger partial charge in [0, 0.05) is 56.9 Å². The number of carbonyl (C=O) groups is 1. The summed E-state index contributed by atoms with van der Waals surface area (Å²) in [5.41, 5.74) is 14.8. The number of hydrogen-bond donors (Lipinski definition) is 4. The third-order valence-electron chi connectivity index (χ3n) is 8.16. The number of benzene rings is 1. The molecule has 2 aliphatic heterocycles. The maximum atomic E-state index is 13.9. The standard InChI is InChI=1S/C31H42FN9O3/c1-31(2,3)44-30(43)40-11-7-19(8-12-40)20-17-36-29(37-18-20)39-13-9-22(10-14-39)41-25(27(35-4)28(34)38-41)16-24(33)23-15-21(32)5-6-26(23)42/h5-6,15-19,22,35,42H,7-14,33H2,1-4H3,(H2,34,38)/b24-16-. The van der Waals surface area contributed by atoms with Gasteiger partial charge >= 0.3 is 6.09 Å². The number of hydrogen-bond acceptors (Lipinski definition) is 10. The second kappa shape index (κ2) is 12.6. The number of nitrogen functional groups attached to an aromatic ring is 1. The van der Waals surface area contributed by atoms with Crippen molar-refractivity contribution in [3.8, 4) is 5.75 Å². The Kier molecular flexibility index (Phi) is 8.84. The van der Waals surface area contributed by atoms with Crippen LogP contribution in [0.15, 0.2) is 30.6 Å². The smallest absolute Gasteiger partial charge is 0.410 e. The average molecular weight is 608 g/mol. The lowest BCUT2D eigenvalue weighted by Crippen LogP contribution is -2.41. The molecular formula is C31H42FN9O3. The Balaban J connectivity index is 1.22. The normalized spacial score (nSPS) is 17.2. The Labute approximate surface area is 256 Å². The first-order valence-corrected chi connectivity index (χ1v) is 15.0. The molecule has 0 aliphatic carbocycles. The lowest BCUT2D eigenvalue weighted by atomic mass is 9.91. The number of anilines is 3. The predicted octanol–water partition coefficient (Wildman–Crippen LogP) is 4.55. The number of carbonyl (C=O) groups excluding carboxylic acids is 1. The fourth-order valence-electron chi connectivity index (χ4n) is 5.84. The third kappa shape index (κ3) is 6.81. The number of aromatic nitrogens is 4. The van der Waals surface area contributed by atoms with Crippen molar-refractivity contribution in [2.45, 2.75) is 64.0 Å². The van der Waals surface area contributed by atoms with Gasteiger partial charge in [-0.15, -0.1) is 0 Å². The maximum Gasteiger partial charge on any atom is 0.410 e. The van der Waals surface area contributed by atoms with E-state index in [9.17, 15) is 14.3 Å². The summed E-state index contributed by atoms with van der Waals surface area (Å²) in [6.45, 7) is 8.36. The van der Waals surface area contributed by atoms with E-state index in [0.717, 1.165) is 44.3 Å². The monoisotopic (exact) mass is 607 g/mol. The van der Waals surface area contributed by atoms with Crippen LogP contribution in [0.3, 0.4) is 0 Å². The molecule has 0 bridgehead atoms. The molecule has 2 fully saturated rings. The molecule has 0 atom stereocenters. The molecule has 2 aliphatic rings. The van der Waals surface area contributed by atoms with E-state index in [2.05, 4.69) is 15.3 Å². The summed E-state index contributed by atoms with van der Waals surface area (Å²) in [5, 5.41) is 17.9. The predicted molar refractivity (Wildman–Crippen MR) is 169 cm³/mol. The van der Waals surface area contributed by atoms with Gasteiger partial charge in [0.2, 0.25) is 5.95 Å². The van der Waals surface area contributed by atoms with E-state index in [1.807, 2.05) is 37.8 Å². The molecule has 4 heterocycles. The Hall–Kier alpha value is -4.55. The number of likely N-dealkylation sites (tertiary alicyclic amines) is 1. The van der Waals surface area contributed by atoms with Gasteiger partial charge in [0.25, 0.3) is 0 Å². The number of phenols is 1.